The number of rotatable bonds is 5. The van der Waals surface area contributed by atoms with Crippen LogP contribution in [-0.2, 0) is 10.7 Å². The average molecular weight is 451 g/mol. The molecule has 33 heavy (non-hydrogen) atoms. The molecule has 3 aromatic heterocycles. The highest BCUT2D eigenvalue weighted by Gasteiger charge is 2.46. The van der Waals surface area contributed by atoms with Crippen LogP contribution in [0.25, 0.3) is 5.65 Å². The smallest absolute Gasteiger partial charge is 0.290 e. The van der Waals surface area contributed by atoms with Gasteiger partial charge in [0, 0.05) is 38.2 Å². The van der Waals surface area contributed by atoms with Gasteiger partial charge < -0.3 is 9.80 Å². The van der Waals surface area contributed by atoms with Crippen molar-refractivity contribution in [2.45, 2.75) is 44.2 Å². The highest BCUT2D eigenvalue weighted by atomic mass is 19.3. The molecule has 10 heteroatoms. The number of amides is 1. The van der Waals surface area contributed by atoms with E-state index in [0.717, 1.165) is 16.8 Å². The van der Waals surface area contributed by atoms with Crippen molar-refractivity contribution in [3.63, 3.8) is 0 Å². The van der Waals surface area contributed by atoms with Crippen LogP contribution >= 0.6 is 0 Å². The van der Waals surface area contributed by atoms with Gasteiger partial charge in [0.2, 0.25) is 5.91 Å². The van der Waals surface area contributed by atoms with Crippen LogP contribution in [0.4, 0.5) is 14.6 Å². The molecular formula is C23H23F2N7O. The van der Waals surface area contributed by atoms with Crippen molar-refractivity contribution in [3.05, 3.63) is 54.1 Å². The number of likely N-dealkylation sites (tertiary alicyclic amines) is 1. The molecule has 0 radical (unpaired) electrons. The molecule has 3 atom stereocenters. The third kappa shape index (κ3) is 3.77. The number of hydrogen-bond acceptors (Lipinski definition) is 6. The van der Waals surface area contributed by atoms with Crippen molar-refractivity contribution in [1.82, 2.24) is 24.5 Å². The van der Waals surface area contributed by atoms with Crippen LogP contribution in [0.1, 0.15) is 37.4 Å². The van der Waals surface area contributed by atoms with Gasteiger partial charge in [0.1, 0.15) is 23.9 Å². The zero-order chi connectivity index (χ0) is 23.2. The Kier molecular flexibility index (Phi) is 5.19. The van der Waals surface area contributed by atoms with Crippen LogP contribution in [0.2, 0.25) is 0 Å². The first-order valence-electron chi connectivity index (χ1n) is 11.0. The number of nitriles is 1. The van der Waals surface area contributed by atoms with Crippen molar-refractivity contribution < 1.29 is 13.6 Å². The van der Waals surface area contributed by atoms with Crippen molar-refractivity contribution in [1.29, 1.82) is 5.26 Å². The summed E-state index contributed by atoms with van der Waals surface area (Å²) in [6.45, 7) is 3.09. The second kappa shape index (κ2) is 8.06. The first kappa shape index (κ1) is 21.2. The summed E-state index contributed by atoms with van der Waals surface area (Å²) in [4.78, 5) is 25.2. The summed E-state index contributed by atoms with van der Waals surface area (Å²) in [6, 6.07) is 10.2. The minimum atomic E-state index is -3.20. The molecule has 0 aliphatic carbocycles. The first-order chi connectivity index (χ1) is 15.9. The zero-order valence-electron chi connectivity index (χ0n) is 18.1. The van der Waals surface area contributed by atoms with Crippen molar-refractivity contribution in [2.24, 2.45) is 5.92 Å². The fourth-order valence-electron chi connectivity index (χ4n) is 5.07. The number of carbonyl (C=O) groups excluding carboxylic acids is 1. The molecule has 0 aromatic carbocycles. The number of carbonyl (C=O) groups is 1. The Morgan fingerprint density at radius 1 is 1.24 bits per heavy atom. The Morgan fingerprint density at radius 2 is 2.09 bits per heavy atom. The Labute approximate surface area is 189 Å². The average Bonchev–Trinajstić information content (AvgIpc) is 3.37. The van der Waals surface area contributed by atoms with E-state index in [1.165, 1.54) is 18.5 Å². The second-order valence-corrected chi connectivity index (χ2v) is 8.80. The molecular weight excluding hydrogens is 428 g/mol. The standard InChI is InChI=1S/C23H23F2N7O/c1-15-9-17-12-30(13-18(15)31(17)20-6-5-16(10-26)11-27-20)22(33)7-8-23(24,25)19-3-2-4-21-28-14-29-32(19)21/h2-6,11,14-15,17-18H,7-9,12-13H2,1H3/t15-,17?,18?/m0/s1. The van der Waals surface area contributed by atoms with Gasteiger partial charge >= 0.3 is 0 Å². The summed E-state index contributed by atoms with van der Waals surface area (Å²) in [5, 5.41) is 12.9. The summed E-state index contributed by atoms with van der Waals surface area (Å²) in [5.74, 6) is -2.34. The Bertz CT molecular complexity index is 1220. The van der Waals surface area contributed by atoms with Gasteiger partial charge in [-0.1, -0.05) is 13.0 Å². The predicted molar refractivity (Wildman–Crippen MR) is 115 cm³/mol. The monoisotopic (exact) mass is 451 g/mol. The number of anilines is 1. The van der Waals surface area contributed by atoms with Gasteiger partial charge in [-0.3, -0.25) is 4.79 Å². The van der Waals surface area contributed by atoms with Gasteiger partial charge in [-0.15, -0.1) is 0 Å². The maximum atomic E-state index is 15.0. The molecule has 0 saturated carbocycles. The molecule has 2 unspecified atom stereocenters. The first-order valence-corrected chi connectivity index (χ1v) is 11.0. The SMILES string of the molecule is C[C@H]1CC2CN(C(=O)CCC(F)(F)c3cccc4ncnn34)CC1N2c1ccc(C#N)cn1. The summed E-state index contributed by atoms with van der Waals surface area (Å²) in [6.07, 6.45) is 2.85. The van der Waals surface area contributed by atoms with E-state index < -0.39 is 12.3 Å². The number of fused-ring (bicyclic) bond motifs is 3. The highest BCUT2D eigenvalue weighted by Crippen LogP contribution is 2.38. The lowest BCUT2D eigenvalue weighted by molar-refractivity contribution is -0.134. The number of hydrogen-bond donors (Lipinski definition) is 0. The fourth-order valence-corrected chi connectivity index (χ4v) is 5.07. The minimum Gasteiger partial charge on any atom is -0.347 e. The molecule has 5 heterocycles. The number of nitrogens with zero attached hydrogens (tertiary/aromatic N) is 7. The molecule has 0 spiro atoms. The Balaban J connectivity index is 1.27. The van der Waals surface area contributed by atoms with Crippen LogP contribution in [0.5, 0.6) is 0 Å². The predicted octanol–water partition coefficient (Wildman–Crippen LogP) is 2.99. The number of pyridine rings is 2. The summed E-state index contributed by atoms with van der Waals surface area (Å²) in [7, 11) is 0. The van der Waals surface area contributed by atoms with Gasteiger partial charge in [0.05, 0.1) is 11.6 Å². The van der Waals surface area contributed by atoms with Gasteiger partial charge in [-0.05, 0) is 36.6 Å². The van der Waals surface area contributed by atoms with E-state index in [2.05, 4.69) is 33.0 Å². The van der Waals surface area contributed by atoms with Crippen LogP contribution in [0, 0.1) is 17.2 Å². The van der Waals surface area contributed by atoms with Crippen molar-refractivity contribution in [2.75, 3.05) is 18.0 Å². The lowest BCUT2D eigenvalue weighted by Gasteiger charge is -2.42. The van der Waals surface area contributed by atoms with Gasteiger partial charge in [-0.25, -0.2) is 14.5 Å². The number of piperazine rings is 1. The molecule has 1 amide bonds. The number of alkyl halides is 2. The van der Waals surface area contributed by atoms with Crippen LogP contribution in [0.3, 0.4) is 0 Å². The van der Waals surface area contributed by atoms with E-state index in [0.29, 0.717) is 30.2 Å². The van der Waals surface area contributed by atoms with Crippen molar-refractivity contribution >= 4 is 17.4 Å². The molecule has 8 nitrogen and oxygen atoms in total. The quantitative estimate of drug-likeness (QED) is 0.592. The Hall–Kier alpha value is -3.61. The van der Waals surface area contributed by atoms with E-state index in [1.807, 2.05) is 6.07 Å². The third-order valence-corrected chi connectivity index (χ3v) is 6.71. The van der Waals surface area contributed by atoms with Gasteiger partial charge in [0.15, 0.2) is 5.65 Å². The lowest BCUT2D eigenvalue weighted by Crippen LogP contribution is -2.56. The van der Waals surface area contributed by atoms with Crippen LogP contribution in [-0.4, -0.2) is 55.6 Å². The van der Waals surface area contributed by atoms with Gasteiger partial charge in [-0.2, -0.15) is 19.1 Å². The van der Waals surface area contributed by atoms with E-state index in [4.69, 9.17) is 5.26 Å². The molecule has 0 N–H and O–H groups in total. The molecule has 3 aromatic rings. The van der Waals surface area contributed by atoms with E-state index >= 15 is 0 Å². The maximum absolute atomic E-state index is 15.0. The topological polar surface area (TPSA) is 90.4 Å². The molecule has 2 bridgehead atoms. The molecule has 5 rings (SSSR count). The second-order valence-electron chi connectivity index (χ2n) is 8.80. The van der Waals surface area contributed by atoms with Crippen LogP contribution < -0.4 is 4.90 Å². The summed E-state index contributed by atoms with van der Waals surface area (Å²) >= 11 is 0. The number of aromatic nitrogens is 4. The van der Waals surface area contributed by atoms with Crippen LogP contribution in [0.15, 0.2) is 42.9 Å². The third-order valence-electron chi connectivity index (χ3n) is 6.71. The van der Waals surface area contributed by atoms with Crippen molar-refractivity contribution in [3.8, 4) is 6.07 Å². The Morgan fingerprint density at radius 3 is 2.82 bits per heavy atom. The van der Waals surface area contributed by atoms with Gasteiger partial charge in [0.25, 0.3) is 5.92 Å². The molecule has 2 aliphatic heterocycles. The fraction of sp³-hybridized carbons (Fsp3) is 0.435. The summed E-state index contributed by atoms with van der Waals surface area (Å²) < 4.78 is 31.1. The maximum Gasteiger partial charge on any atom is 0.290 e. The molecule has 2 aliphatic rings. The zero-order valence-corrected chi connectivity index (χ0v) is 18.1. The highest BCUT2D eigenvalue weighted by molar-refractivity contribution is 5.77. The van der Waals surface area contributed by atoms with E-state index in [-0.39, 0.29) is 30.1 Å². The lowest BCUT2D eigenvalue weighted by atomic mass is 10.0. The molecule has 170 valence electrons. The van der Waals surface area contributed by atoms with E-state index in [9.17, 15) is 13.6 Å². The largest absolute Gasteiger partial charge is 0.347 e. The molecule has 2 saturated heterocycles. The molecule has 2 fully saturated rings. The van der Waals surface area contributed by atoms with E-state index in [1.54, 1.807) is 23.2 Å². The summed E-state index contributed by atoms with van der Waals surface area (Å²) in [5.41, 5.74) is 0.572. The number of halogens is 2. The minimum absolute atomic E-state index is 0.0672. The normalized spacial score (nSPS) is 22.5.